The second-order valence-electron chi connectivity index (χ2n) is 5.63. The monoisotopic (exact) mass is 264 g/mol. The van der Waals surface area contributed by atoms with Crippen LogP contribution in [0.2, 0.25) is 0 Å². The van der Waals surface area contributed by atoms with E-state index in [0.29, 0.717) is 12.1 Å². The van der Waals surface area contributed by atoms with E-state index >= 15 is 0 Å². The minimum Gasteiger partial charge on any atom is -0.508 e. The summed E-state index contributed by atoms with van der Waals surface area (Å²) in [5, 5.41) is 21.7. The van der Waals surface area contributed by atoms with E-state index in [1.54, 1.807) is 6.07 Å². The van der Waals surface area contributed by atoms with Crippen LogP contribution in [0.15, 0.2) is 18.2 Å². The van der Waals surface area contributed by atoms with E-state index in [2.05, 4.69) is 24.3 Å². The van der Waals surface area contributed by atoms with Crippen molar-refractivity contribution in [2.75, 3.05) is 0 Å². The molecule has 0 spiro atoms. The molecule has 3 N–H and O–H groups in total. The van der Waals surface area contributed by atoms with Crippen LogP contribution in [0.25, 0.3) is 0 Å². The molecular formula is C15H24N2O2. The first-order valence-electron chi connectivity index (χ1n) is 7.05. The Morgan fingerprint density at radius 2 is 1.84 bits per heavy atom. The van der Waals surface area contributed by atoms with Crippen LogP contribution in [-0.4, -0.2) is 27.3 Å². The standard InChI is InChI=1S/C15H24N2O2/c1-10-5-4-6-11(2)17(10)16-12(3)14-9-13(18)7-8-15(14)19/h7-12,16,18-19H,4-6H2,1-3H3. The third-order valence-electron chi connectivity index (χ3n) is 4.01. The van der Waals surface area contributed by atoms with E-state index in [0.717, 1.165) is 5.56 Å². The first-order chi connectivity index (χ1) is 8.99. The van der Waals surface area contributed by atoms with Crippen LogP contribution < -0.4 is 5.43 Å². The van der Waals surface area contributed by atoms with Gasteiger partial charge in [-0.15, -0.1) is 0 Å². The topological polar surface area (TPSA) is 55.7 Å². The molecule has 19 heavy (non-hydrogen) atoms. The van der Waals surface area contributed by atoms with Gasteiger partial charge in [0.1, 0.15) is 11.5 Å². The summed E-state index contributed by atoms with van der Waals surface area (Å²) in [6.07, 6.45) is 3.65. The molecule has 2 rings (SSSR count). The molecule has 1 fully saturated rings. The van der Waals surface area contributed by atoms with Gasteiger partial charge >= 0.3 is 0 Å². The summed E-state index contributed by atoms with van der Waals surface area (Å²) < 4.78 is 0. The number of phenolic OH excluding ortho intramolecular Hbond substituents is 2. The van der Waals surface area contributed by atoms with Crippen molar-refractivity contribution in [2.24, 2.45) is 0 Å². The summed E-state index contributed by atoms with van der Waals surface area (Å²) in [6.45, 7) is 6.44. The Morgan fingerprint density at radius 1 is 1.21 bits per heavy atom. The van der Waals surface area contributed by atoms with Crippen molar-refractivity contribution in [1.82, 2.24) is 10.4 Å². The predicted octanol–water partition coefficient (Wildman–Crippen LogP) is 2.93. The molecule has 0 bridgehead atoms. The van der Waals surface area contributed by atoms with Gasteiger partial charge < -0.3 is 10.2 Å². The van der Waals surface area contributed by atoms with E-state index in [-0.39, 0.29) is 17.5 Å². The molecule has 0 radical (unpaired) electrons. The molecule has 1 aliphatic rings. The number of phenols is 2. The number of nitrogens with zero attached hydrogens (tertiary/aromatic N) is 1. The SMILES string of the molecule is CC(NN1C(C)CCCC1C)c1cc(O)ccc1O. The highest BCUT2D eigenvalue weighted by atomic mass is 16.3. The predicted molar refractivity (Wildman–Crippen MR) is 75.9 cm³/mol. The lowest BCUT2D eigenvalue weighted by molar-refractivity contribution is 0.0316. The lowest BCUT2D eigenvalue weighted by atomic mass is 9.99. The molecule has 0 aliphatic carbocycles. The second kappa shape index (κ2) is 5.80. The van der Waals surface area contributed by atoms with Crippen molar-refractivity contribution in [3.05, 3.63) is 23.8 Å². The molecule has 0 saturated carbocycles. The normalized spacial score (nSPS) is 26.3. The van der Waals surface area contributed by atoms with Gasteiger partial charge in [0.15, 0.2) is 0 Å². The second-order valence-corrected chi connectivity index (χ2v) is 5.63. The van der Waals surface area contributed by atoms with Gasteiger partial charge in [-0.25, -0.2) is 10.4 Å². The first-order valence-corrected chi connectivity index (χ1v) is 7.05. The van der Waals surface area contributed by atoms with E-state index in [4.69, 9.17) is 0 Å². The molecule has 1 aliphatic heterocycles. The minimum absolute atomic E-state index is 0.0323. The Hall–Kier alpha value is -1.26. The van der Waals surface area contributed by atoms with Crippen molar-refractivity contribution >= 4 is 0 Å². The number of piperidine rings is 1. The fraction of sp³-hybridized carbons (Fsp3) is 0.600. The van der Waals surface area contributed by atoms with Crippen LogP contribution in [0.1, 0.15) is 51.6 Å². The summed E-state index contributed by atoms with van der Waals surface area (Å²) in [4.78, 5) is 0. The smallest absolute Gasteiger partial charge is 0.120 e. The highest BCUT2D eigenvalue weighted by Crippen LogP contribution is 2.29. The third kappa shape index (κ3) is 3.19. The Labute approximate surface area is 115 Å². The Bertz CT molecular complexity index is 426. The number of hydrazine groups is 1. The average molecular weight is 264 g/mol. The van der Waals surface area contributed by atoms with Crippen molar-refractivity contribution in [3.63, 3.8) is 0 Å². The van der Waals surface area contributed by atoms with Gasteiger partial charge in [0.05, 0.1) is 0 Å². The average Bonchev–Trinajstić information content (AvgIpc) is 2.37. The number of aromatic hydroxyl groups is 2. The van der Waals surface area contributed by atoms with Gasteiger partial charge in [0.2, 0.25) is 0 Å². The third-order valence-corrected chi connectivity index (χ3v) is 4.01. The van der Waals surface area contributed by atoms with Gasteiger partial charge in [0, 0.05) is 23.7 Å². The number of hydrogen-bond acceptors (Lipinski definition) is 4. The number of nitrogens with one attached hydrogen (secondary N) is 1. The highest BCUT2D eigenvalue weighted by Gasteiger charge is 2.26. The maximum atomic E-state index is 9.90. The van der Waals surface area contributed by atoms with E-state index in [9.17, 15) is 10.2 Å². The molecule has 1 aromatic carbocycles. The summed E-state index contributed by atoms with van der Waals surface area (Å²) in [5.41, 5.74) is 4.19. The number of benzene rings is 1. The molecule has 1 aromatic rings. The summed E-state index contributed by atoms with van der Waals surface area (Å²) in [5.74, 6) is 0.399. The van der Waals surface area contributed by atoms with E-state index in [1.807, 2.05) is 6.92 Å². The molecule has 0 amide bonds. The zero-order valence-electron chi connectivity index (χ0n) is 11.9. The molecule has 1 saturated heterocycles. The first kappa shape index (κ1) is 14.2. The van der Waals surface area contributed by atoms with Crippen molar-refractivity contribution in [2.45, 2.75) is 58.2 Å². The Balaban J connectivity index is 2.11. The van der Waals surface area contributed by atoms with Gasteiger partial charge in [0.25, 0.3) is 0 Å². The molecular weight excluding hydrogens is 240 g/mol. The van der Waals surface area contributed by atoms with Crippen LogP contribution in [0.3, 0.4) is 0 Å². The fourth-order valence-corrected chi connectivity index (χ4v) is 2.86. The maximum absolute atomic E-state index is 9.90. The quantitative estimate of drug-likeness (QED) is 0.735. The fourth-order valence-electron chi connectivity index (χ4n) is 2.86. The van der Waals surface area contributed by atoms with Crippen molar-refractivity contribution < 1.29 is 10.2 Å². The number of rotatable bonds is 3. The van der Waals surface area contributed by atoms with Gasteiger partial charge in [-0.1, -0.05) is 6.42 Å². The maximum Gasteiger partial charge on any atom is 0.120 e. The van der Waals surface area contributed by atoms with Gasteiger partial charge in [-0.3, -0.25) is 0 Å². The van der Waals surface area contributed by atoms with Crippen LogP contribution in [0.5, 0.6) is 11.5 Å². The van der Waals surface area contributed by atoms with Crippen LogP contribution in [0, 0.1) is 0 Å². The Morgan fingerprint density at radius 3 is 2.47 bits per heavy atom. The highest BCUT2D eigenvalue weighted by molar-refractivity contribution is 5.40. The van der Waals surface area contributed by atoms with Gasteiger partial charge in [-0.05, 0) is 51.8 Å². The van der Waals surface area contributed by atoms with Crippen molar-refractivity contribution in [1.29, 1.82) is 0 Å². The zero-order chi connectivity index (χ0) is 14.0. The van der Waals surface area contributed by atoms with Crippen LogP contribution >= 0.6 is 0 Å². The number of hydrogen-bond donors (Lipinski definition) is 3. The van der Waals surface area contributed by atoms with Crippen LogP contribution in [0.4, 0.5) is 0 Å². The molecule has 4 nitrogen and oxygen atoms in total. The van der Waals surface area contributed by atoms with Crippen molar-refractivity contribution in [3.8, 4) is 11.5 Å². The van der Waals surface area contributed by atoms with Gasteiger partial charge in [-0.2, -0.15) is 0 Å². The lowest BCUT2D eigenvalue weighted by Gasteiger charge is -2.41. The lowest BCUT2D eigenvalue weighted by Crippen LogP contribution is -2.52. The molecule has 106 valence electrons. The molecule has 3 atom stereocenters. The van der Waals surface area contributed by atoms with E-state index in [1.165, 1.54) is 31.4 Å². The molecule has 0 aromatic heterocycles. The molecule has 1 heterocycles. The largest absolute Gasteiger partial charge is 0.508 e. The molecule has 3 unspecified atom stereocenters. The summed E-state index contributed by atoms with van der Waals surface area (Å²) >= 11 is 0. The summed E-state index contributed by atoms with van der Waals surface area (Å²) in [6, 6.07) is 5.60. The molecule has 4 heteroatoms. The summed E-state index contributed by atoms with van der Waals surface area (Å²) in [7, 11) is 0. The van der Waals surface area contributed by atoms with E-state index < -0.39 is 0 Å². The zero-order valence-corrected chi connectivity index (χ0v) is 11.9. The van der Waals surface area contributed by atoms with Crippen LogP contribution in [-0.2, 0) is 0 Å². The Kier molecular flexibility index (Phi) is 4.32. The minimum atomic E-state index is -0.0323.